The zero-order valence-electron chi connectivity index (χ0n) is 11.5. The molecule has 0 aliphatic rings. The van der Waals surface area contributed by atoms with Crippen LogP contribution in [-0.2, 0) is 9.53 Å². The van der Waals surface area contributed by atoms with Gasteiger partial charge in [-0.05, 0) is 18.6 Å². The maximum atomic E-state index is 11.7. The number of anilines is 1. The summed E-state index contributed by atoms with van der Waals surface area (Å²) >= 11 is 0. The van der Waals surface area contributed by atoms with E-state index >= 15 is 0 Å². The topological polar surface area (TPSA) is 106 Å². The van der Waals surface area contributed by atoms with Gasteiger partial charge in [-0.1, -0.05) is 6.92 Å². The molecule has 1 rings (SSSR count). The lowest BCUT2D eigenvalue weighted by Gasteiger charge is -2.07. The van der Waals surface area contributed by atoms with Gasteiger partial charge >= 0.3 is 0 Å². The van der Waals surface area contributed by atoms with Crippen LogP contribution in [0.1, 0.15) is 23.8 Å². The van der Waals surface area contributed by atoms with Crippen molar-refractivity contribution in [2.24, 2.45) is 5.73 Å². The number of carbonyl (C=O) groups is 2. The molecule has 0 unspecified atom stereocenters. The zero-order chi connectivity index (χ0) is 14.8. The van der Waals surface area contributed by atoms with Gasteiger partial charge in [0.25, 0.3) is 5.91 Å². The highest BCUT2D eigenvalue weighted by molar-refractivity contribution is 5.92. The Morgan fingerprint density at radius 1 is 1.35 bits per heavy atom. The Bertz CT molecular complexity index is 434. The minimum absolute atomic E-state index is 0.147. The second-order valence-electron chi connectivity index (χ2n) is 4.13. The molecular formula is C13H20N4O3. The van der Waals surface area contributed by atoms with Gasteiger partial charge < -0.3 is 21.1 Å². The van der Waals surface area contributed by atoms with E-state index in [-0.39, 0.29) is 19.1 Å². The standard InChI is InChI=1S/C13H20N4O3/c1-2-5-15-10-3-4-11(17-8-10)13(19)16-6-7-20-9-12(14)18/h3-4,8,15H,2,5-7,9H2,1H3,(H2,14,18)(H,16,19). The summed E-state index contributed by atoms with van der Waals surface area (Å²) in [7, 11) is 0. The number of hydrogen-bond donors (Lipinski definition) is 3. The number of nitrogens with zero attached hydrogens (tertiary/aromatic N) is 1. The lowest BCUT2D eigenvalue weighted by molar-refractivity contribution is -0.122. The van der Waals surface area contributed by atoms with Crippen LogP contribution in [-0.4, -0.2) is 43.1 Å². The van der Waals surface area contributed by atoms with Crippen LogP contribution in [0.2, 0.25) is 0 Å². The first-order valence-electron chi connectivity index (χ1n) is 6.47. The smallest absolute Gasteiger partial charge is 0.269 e. The third kappa shape index (κ3) is 6.14. The average Bonchev–Trinajstić information content (AvgIpc) is 2.44. The molecule has 0 saturated carbocycles. The molecule has 0 fully saturated rings. The predicted octanol–water partition coefficient (Wildman–Crippen LogP) is 0.135. The van der Waals surface area contributed by atoms with E-state index in [2.05, 4.69) is 22.5 Å². The number of hydrogen-bond acceptors (Lipinski definition) is 5. The summed E-state index contributed by atoms with van der Waals surface area (Å²) in [5.41, 5.74) is 6.12. The van der Waals surface area contributed by atoms with Crippen LogP contribution in [0.15, 0.2) is 18.3 Å². The molecule has 110 valence electrons. The molecule has 0 saturated heterocycles. The molecule has 0 spiro atoms. The van der Waals surface area contributed by atoms with Crippen LogP contribution >= 0.6 is 0 Å². The minimum atomic E-state index is -0.534. The van der Waals surface area contributed by atoms with E-state index in [0.29, 0.717) is 12.2 Å². The molecule has 0 bridgehead atoms. The van der Waals surface area contributed by atoms with Crippen molar-refractivity contribution in [1.29, 1.82) is 0 Å². The quantitative estimate of drug-likeness (QED) is 0.558. The molecule has 0 aliphatic heterocycles. The normalized spacial score (nSPS) is 10.1. The zero-order valence-corrected chi connectivity index (χ0v) is 11.5. The van der Waals surface area contributed by atoms with E-state index < -0.39 is 5.91 Å². The van der Waals surface area contributed by atoms with Crippen LogP contribution in [0, 0.1) is 0 Å². The largest absolute Gasteiger partial charge is 0.384 e. The van der Waals surface area contributed by atoms with Gasteiger partial charge in [-0.15, -0.1) is 0 Å². The number of nitrogens with one attached hydrogen (secondary N) is 2. The van der Waals surface area contributed by atoms with E-state index in [1.165, 1.54) is 0 Å². The van der Waals surface area contributed by atoms with Crippen molar-refractivity contribution < 1.29 is 14.3 Å². The molecule has 4 N–H and O–H groups in total. The van der Waals surface area contributed by atoms with Crippen molar-refractivity contribution in [3.63, 3.8) is 0 Å². The Morgan fingerprint density at radius 2 is 2.15 bits per heavy atom. The van der Waals surface area contributed by atoms with Crippen LogP contribution < -0.4 is 16.4 Å². The average molecular weight is 280 g/mol. The number of pyridine rings is 1. The van der Waals surface area contributed by atoms with E-state index in [0.717, 1.165) is 18.7 Å². The number of carbonyl (C=O) groups excluding carboxylic acids is 2. The molecule has 0 aromatic carbocycles. The molecule has 0 radical (unpaired) electrons. The Balaban J connectivity index is 2.30. The van der Waals surface area contributed by atoms with Crippen LogP contribution in [0.5, 0.6) is 0 Å². The van der Waals surface area contributed by atoms with Gasteiger partial charge in [0.05, 0.1) is 18.5 Å². The first kappa shape index (κ1) is 15.9. The predicted molar refractivity (Wildman–Crippen MR) is 75.4 cm³/mol. The first-order valence-corrected chi connectivity index (χ1v) is 6.47. The highest BCUT2D eigenvalue weighted by Gasteiger charge is 2.06. The number of primary amides is 1. The number of aromatic nitrogens is 1. The summed E-state index contributed by atoms with van der Waals surface area (Å²) in [6, 6.07) is 3.46. The summed E-state index contributed by atoms with van der Waals surface area (Å²) in [6.07, 6.45) is 2.64. The molecule has 1 aromatic heterocycles. The van der Waals surface area contributed by atoms with Gasteiger partial charge in [0.15, 0.2) is 0 Å². The van der Waals surface area contributed by atoms with Gasteiger partial charge in [0.2, 0.25) is 5.91 Å². The molecule has 20 heavy (non-hydrogen) atoms. The monoisotopic (exact) mass is 280 g/mol. The first-order chi connectivity index (χ1) is 9.63. The number of ether oxygens (including phenoxy) is 1. The van der Waals surface area contributed by atoms with Crippen molar-refractivity contribution in [3.8, 4) is 0 Å². The minimum Gasteiger partial charge on any atom is -0.384 e. The van der Waals surface area contributed by atoms with Crippen LogP contribution in [0.3, 0.4) is 0 Å². The van der Waals surface area contributed by atoms with Crippen molar-refractivity contribution in [1.82, 2.24) is 10.3 Å². The highest BCUT2D eigenvalue weighted by Crippen LogP contribution is 2.05. The Morgan fingerprint density at radius 3 is 2.75 bits per heavy atom. The summed E-state index contributed by atoms with van der Waals surface area (Å²) in [6.45, 7) is 3.31. The summed E-state index contributed by atoms with van der Waals surface area (Å²) in [5.74, 6) is -0.817. The Hall–Kier alpha value is -2.15. The van der Waals surface area contributed by atoms with Crippen molar-refractivity contribution in [2.45, 2.75) is 13.3 Å². The third-order valence-corrected chi connectivity index (χ3v) is 2.35. The SMILES string of the molecule is CCCNc1ccc(C(=O)NCCOCC(N)=O)nc1. The lowest BCUT2D eigenvalue weighted by atomic mass is 10.3. The van der Waals surface area contributed by atoms with Crippen LogP contribution in [0.4, 0.5) is 5.69 Å². The summed E-state index contributed by atoms with van der Waals surface area (Å²) in [5, 5.41) is 5.81. The van der Waals surface area contributed by atoms with Crippen molar-refractivity contribution >= 4 is 17.5 Å². The molecular weight excluding hydrogens is 260 g/mol. The molecule has 2 amide bonds. The van der Waals surface area contributed by atoms with Crippen LogP contribution in [0.25, 0.3) is 0 Å². The summed E-state index contributed by atoms with van der Waals surface area (Å²) < 4.78 is 4.93. The van der Waals surface area contributed by atoms with Crippen molar-refractivity contribution in [2.75, 3.05) is 31.6 Å². The maximum Gasteiger partial charge on any atom is 0.269 e. The van der Waals surface area contributed by atoms with E-state index in [4.69, 9.17) is 10.5 Å². The fourth-order valence-electron chi connectivity index (χ4n) is 1.40. The molecule has 7 nitrogen and oxygen atoms in total. The fraction of sp³-hybridized carbons (Fsp3) is 0.462. The number of rotatable bonds is 9. The van der Waals surface area contributed by atoms with Gasteiger partial charge in [-0.25, -0.2) is 4.98 Å². The third-order valence-electron chi connectivity index (χ3n) is 2.35. The lowest BCUT2D eigenvalue weighted by Crippen LogP contribution is -2.29. The van der Waals surface area contributed by atoms with Gasteiger partial charge in [-0.2, -0.15) is 0 Å². The van der Waals surface area contributed by atoms with Crippen molar-refractivity contribution in [3.05, 3.63) is 24.0 Å². The van der Waals surface area contributed by atoms with Gasteiger partial charge in [-0.3, -0.25) is 9.59 Å². The van der Waals surface area contributed by atoms with Gasteiger partial charge in [0.1, 0.15) is 12.3 Å². The molecule has 7 heteroatoms. The second kappa shape index (κ2) is 8.87. The molecule has 0 aliphatic carbocycles. The van der Waals surface area contributed by atoms with E-state index in [1.54, 1.807) is 18.3 Å². The molecule has 1 aromatic rings. The number of amides is 2. The second-order valence-corrected chi connectivity index (χ2v) is 4.13. The van der Waals surface area contributed by atoms with E-state index in [1.807, 2.05) is 0 Å². The van der Waals surface area contributed by atoms with Gasteiger partial charge in [0, 0.05) is 13.1 Å². The summed E-state index contributed by atoms with van der Waals surface area (Å²) in [4.78, 5) is 26.2. The number of nitrogens with two attached hydrogens (primary N) is 1. The fourth-order valence-corrected chi connectivity index (χ4v) is 1.40. The Kier molecular flexibility index (Phi) is 7.05. The van der Waals surface area contributed by atoms with E-state index in [9.17, 15) is 9.59 Å². The maximum absolute atomic E-state index is 11.7. The molecule has 0 atom stereocenters. The molecule has 1 heterocycles. The highest BCUT2D eigenvalue weighted by atomic mass is 16.5. The Labute approximate surface area is 117 Å².